The van der Waals surface area contributed by atoms with Crippen molar-refractivity contribution in [2.75, 3.05) is 6.54 Å². The summed E-state index contributed by atoms with van der Waals surface area (Å²) < 4.78 is 1.72. The maximum atomic E-state index is 11.7. The summed E-state index contributed by atoms with van der Waals surface area (Å²) in [6, 6.07) is 0. The van der Waals surface area contributed by atoms with Crippen LogP contribution in [0.3, 0.4) is 0 Å². The van der Waals surface area contributed by atoms with E-state index in [2.05, 4.69) is 10.4 Å². The van der Waals surface area contributed by atoms with Gasteiger partial charge in [-0.1, -0.05) is 13.8 Å². The molecule has 5 heteroatoms. The van der Waals surface area contributed by atoms with Crippen molar-refractivity contribution in [1.82, 2.24) is 15.1 Å². The summed E-state index contributed by atoms with van der Waals surface area (Å²) in [5, 5.41) is 16.9. The minimum Gasteiger partial charge on any atom is -0.388 e. The largest absolute Gasteiger partial charge is 0.388 e. The van der Waals surface area contributed by atoms with Crippen molar-refractivity contribution in [3.8, 4) is 0 Å². The molecule has 0 aromatic carbocycles. The average molecular weight is 253 g/mol. The van der Waals surface area contributed by atoms with Crippen LogP contribution in [-0.4, -0.2) is 32.9 Å². The third-order valence-corrected chi connectivity index (χ3v) is 3.33. The molecule has 5 nitrogen and oxygen atoms in total. The molecule has 102 valence electrons. The Morgan fingerprint density at radius 1 is 1.50 bits per heavy atom. The molecular formula is C13H23N3O2. The highest BCUT2D eigenvalue weighted by atomic mass is 16.3. The lowest BCUT2D eigenvalue weighted by Crippen LogP contribution is -2.42. The van der Waals surface area contributed by atoms with Crippen LogP contribution in [0.15, 0.2) is 12.4 Å². The summed E-state index contributed by atoms with van der Waals surface area (Å²) in [4.78, 5) is 11.7. The summed E-state index contributed by atoms with van der Waals surface area (Å²) in [5.74, 6) is -0.0285. The first-order chi connectivity index (χ1) is 8.49. The zero-order chi connectivity index (χ0) is 13.6. The monoisotopic (exact) mass is 253 g/mol. The van der Waals surface area contributed by atoms with Crippen molar-refractivity contribution in [2.45, 2.75) is 45.1 Å². The fourth-order valence-corrected chi connectivity index (χ4v) is 1.71. The number of aromatic nitrogens is 2. The molecule has 0 unspecified atom stereocenters. The number of rotatable bonds is 7. The average Bonchev–Trinajstić information content (AvgIpc) is 2.79. The molecule has 0 aliphatic rings. The van der Waals surface area contributed by atoms with E-state index < -0.39 is 5.60 Å². The second-order valence-electron chi connectivity index (χ2n) is 4.73. The zero-order valence-corrected chi connectivity index (χ0v) is 11.4. The van der Waals surface area contributed by atoms with Crippen LogP contribution in [0.5, 0.6) is 0 Å². The lowest BCUT2D eigenvalue weighted by atomic mass is 9.97. The van der Waals surface area contributed by atoms with Gasteiger partial charge in [-0.2, -0.15) is 5.10 Å². The van der Waals surface area contributed by atoms with Crippen molar-refractivity contribution >= 4 is 5.91 Å². The van der Waals surface area contributed by atoms with E-state index >= 15 is 0 Å². The van der Waals surface area contributed by atoms with Gasteiger partial charge in [0.1, 0.15) is 0 Å². The first-order valence-corrected chi connectivity index (χ1v) is 6.45. The number of hydrogen-bond donors (Lipinski definition) is 2. The molecule has 0 spiro atoms. The van der Waals surface area contributed by atoms with E-state index in [1.165, 1.54) is 0 Å². The molecule has 0 bridgehead atoms. The molecule has 0 aliphatic heterocycles. The molecule has 0 aliphatic carbocycles. The van der Waals surface area contributed by atoms with E-state index in [1.807, 2.05) is 27.1 Å². The van der Waals surface area contributed by atoms with Crippen LogP contribution in [-0.2, 0) is 18.3 Å². The Balaban J connectivity index is 2.30. The summed E-state index contributed by atoms with van der Waals surface area (Å²) in [7, 11) is 1.85. The molecule has 1 amide bonds. The van der Waals surface area contributed by atoms with Crippen LogP contribution < -0.4 is 5.32 Å². The van der Waals surface area contributed by atoms with Crippen LogP contribution in [0.4, 0.5) is 0 Å². The van der Waals surface area contributed by atoms with Gasteiger partial charge in [-0.15, -0.1) is 0 Å². The van der Waals surface area contributed by atoms with Gasteiger partial charge in [0.15, 0.2) is 0 Å². The molecule has 0 atom stereocenters. The molecule has 1 aromatic rings. The number of nitrogens with zero attached hydrogens (tertiary/aromatic N) is 2. The summed E-state index contributed by atoms with van der Waals surface area (Å²) >= 11 is 0. The Kier molecular flexibility index (Phi) is 5.34. The molecule has 0 fully saturated rings. The van der Waals surface area contributed by atoms with Gasteiger partial charge >= 0.3 is 0 Å². The molecule has 18 heavy (non-hydrogen) atoms. The number of aryl methyl sites for hydroxylation is 2. The van der Waals surface area contributed by atoms with Gasteiger partial charge in [0.2, 0.25) is 5.91 Å². The fraction of sp³-hybridized carbons (Fsp3) is 0.692. The van der Waals surface area contributed by atoms with Gasteiger partial charge < -0.3 is 10.4 Å². The third kappa shape index (κ3) is 4.49. The molecule has 0 saturated carbocycles. The van der Waals surface area contributed by atoms with Crippen LogP contribution in [0, 0.1) is 0 Å². The molecule has 1 heterocycles. The van der Waals surface area contributed by atoms with Crippen molar-refractivity contribution in [2.24, 2.45) is 7.05 Å². The van der Waals surface area contributed by atoms with E-state index in [-0.39, 0.29) is 5.91 Å². The number of aliphatic hydroxyl groups is 1. The second-order valence-corrected chi connectivity index (χ2v) is 4.73. The quantitative estimate of drug-likeness (QED) is 0.762. The van der Waals surface area contributed by atoms with Crippen LogP contribution in [0.25, 0.3) is 0 Å². The Labute approximate surface area is 108 Å². The number of amides is 1. The van der Waals surface area contributed by atoms with Crippen molar-refractivity contribution in [3.63, 3.8) is 0 Å². The number of nitrogens with one attached hydrogen (secondary N) is 1. The molecule has 0 radical (unpaired) electrons. The number of carbonyl (C=O) groups excluding carboxylic acids is 1. The molecule has 0 saturated heterocycles. The maximum absolute atomic E-state index is 11.7. The third-order valence-electron chi connectivity index (χ3n) is 3.33. The summed E-state index contributed by atoms with van der Waals surface area (Å²) in [6.45, 7) is 4.17. The second kappa shape index (κ2) is 6.54. The van der Waals surface area contributed by atoms with E-state index in [4.69, 9.17) is 0 Å². The van der Waals surface area contributed by atoms with Gasteiger partial charge in [0, 0.05) is 26.2 Å². The van der Waals surface area contributed by atoms with Crippen molar-refractivity contribution < 1.29 is 9.90 Å². The maximum Gasteiger partial charge on any atom is 0.220 e. The van der Waals surface area contributed by atoms with Crippen LogP contribution >= 0.6 is 0 Å². The van der Waals surface area contributed by atoms with E-state index in [1.54, 1.807) is 10.9 Å². The normalized spacial score (nSPS) is 11.6. The Morgan fingerprint density at radius 2 is 2.17 bits per heavy atom. The van der Waals surface area contributed by atoms with Gasteiger partial charge in [-0.25, -0.2) is 0 Å². The van der Waals surface area contributed by atoms with Crippen molar-refractivity contribution in [1.29, 1.82) is 0 Å². The Hall–Kier alpha value is -1.36. The predicted octanol–water partition coefficient (Wildman–Crippen LogP) is 1.02. The lowest BCUT2D eigenvalue weighted by molar-refractivity contribution is -0.122. The fourth-order valence-electron chi connectivity index (χ4n) is 1.71. The highest BCUT2D eigenvalue weighted by Crippen LogP contribution is 2.12. The number of carbonyl (C=O) groups is 1. The van der Waals surface area contributed by atoms with Crippen molar-refractivity contribution in [3.05, 3.63) is 18.0 Å². The van der Waals surface area contributed by atoms with Gasteiger partial charge in [0.05, 0.1) is 11.8 Å². The minimum absolute atomic E-state index is 0.0285. The Morgan fingerprint density at radius 3 is 2.67 bits per heavy atom. The van der Waals surface area contributed by atoms with E-state index in [0.29, 0.717) is 32.2 Å². The standard InChI is InChI=1S/C13H23N3O2/c1-4-13(18,5-2)10-14-12(17)7-6-11-8-15-16(3)9-11/h8-9,18H,4-7,10H2,1-3H3,(H,14,17). The smallest absolute Gasteiger partial charge is 0.220 e. The summed E-state index contributed by atoms with van der Waals surface area (Å²) in [6.07, 6.45) is 6.06. The first-order valence-electron chi connectivity index (χ1n) is 6.45. The highest BCUT2D eigenvalue weighted by molar-refractivity contribution is 5.76. The zero-order valence-electron chi connectivity index (χ0n) is 11.4. The Bertz CT molecular complexity index is 383. The van der Waals surface area contributed by atoms with Gasteiger partial charge in [-0.05, 0) is 24.8 Å². The van der Waals surface area contributed by atoms with E-state index in [0.717, 1.165) is 5.56 Å². The van der Waals surface area contributed by atoms with Gasteiger partial charge in [0.25, 0.3) is 0 Å². The first kappa shape index (κ1) is 14.7. The molecule has 1 rings (SSSR count). The predicted molar refractivity (Wildman–Crippen MR) is 70.1 cm³/mol. The number of hydrogen-bond acceptors (Lipinski definition) is 3. The van der Waals surface area contributed by atoms with Crippen LogP contribution in [0.2, 0.25) is 0 Å². The molecule has 2 N–H and O–H groups in total. The minimum atomic E-state index is -0.774. The van der Waals surface area contributed by atoms with E-state index in [9.17, 15) is 9.90 Å². The molecular weight excluding hydrogens is 230 g/mol. The van der Waals surface area contributed by atoms with Crippen LogP contribution in [0.1, 0.15) is 38.7 Å². The molecule has 1 aromatic heterocycles. The SMILES string of the molecule is CCC(O)(CC)CNC(=O)CCc1cnn(C)c1. The topological polar surface area (TPSA) is 67.2 Å². The summed E-state index contributed by atoms with van der Waals surface area (Å²) in [5.41, 5.74) is 0.276. The lowest BCUT2D eigenvalue weighted by Gasteiger charge is -2.25. The van der Waals surface area contributed by atoms with Gasteiger partial charge in [-0.3, -0.25) is 9.48 Å². The highest BCUT2D eigenvalue weighted by Gasteiger charge is 2.22.